The lowest BCUT2D eigenvalue weighted by atomic mass is 10.2. The normalized spacial score (nSPS) is 9.53. The quantitative estimate of drug-likeness (QED) is 0.604. The minimum Gasteiger partial charge on any atom is -0.349 e. The Bertz CT molecular complexity index is 313. The van der Waals surface area contributed by atoms with Gasteiger partial charge in [0.1, 0.15) is 5.78 Å². The third-order valence-electron chi connectivity index (χ3n) is 1.97. The first kappa shape index (κ1) is 15.3. The standard InChI is InChI=1S/C11H18N2O4/c1-3-10(16)13-7-9(15)4-5-11(17)12-6-8(2)14/h3-7H2,1-2H3,(H,12,17)(H,13,16). The monoisotopic (exact) mass is 242 g/mol. The highest BCUT2D eigenvalue weighted by Crippen LogP contribution is 1.90. The molecule has 0 unspecified atom stereocenters. The number of carbonyl (C=O) groups excluding carboxylic acids is 4. The van der Waals surface area contributed by atoms with E-state index >= 15 is 0 Å². The zero-order valence-electron chi connectivity index (χ0n) is 10.2. The van der Waals surface area contributed by atoms with E-state index in [1.165, 1.54) is 6.92 Å². The first-order valence-corrected chi connectivity index (χ1v) is 5.50. The van der Waals surface area contributed by atoms with Crippen molar-refractivity contribution in [2.75, 3.05) is 13.1 Å². The molecule has 0 atom stereocenters. The molecule has 0 aliphatic heterocycles. The van der Waals surface area contributed by atoms with Crippen LogP contribution in [0.25, 0.3) is 0 Å². The third-order valence-corrected chi connectivity index (χ3v) is 1.97. The van der Waals surface area contributed by atoms with Crippen LogP contribution in [-0.4, -0.2) is 36.5 Å². The number of hydrogen-bond acceptors (Lipinski definition) is 4. The van der Waals surface area contributed by atoms with Crippen LogP contribution in [0.5, 0.6) is 0 Å². The molecular formula is C11H18N2O4. The van der Waals surface area contributed by atoms with Crippen LogP contribution in [0, 0.1) is 0 Å². The van der Waals surface area contributed by atoms with E-state index in [1.807, 2.05) is 0 Å². The van der Waals surface area contributed by atoms with Gasteiger partial charge in [0.15, 0.2) is 5.78 Å². The van der Waals surface area contributed by atoms with Crippen molar-refractivity contribution in [2.45, 2.75) is 33.1 Å². The van der Waals surface area contributed by atoms with Gasteiger partial charge >= 0.3 is 0 Å². The second kappa shape index (κ2) is 8.43. The molecule has 0 aromatic heterocycles. The fraction of sp³-hybridized carbons (Fsp3) is 0.636. The van der Waals surface area contributed by atoms with E-state index in [2.05, 4.69) is 10.6 Å². The molecule has 0 bridgehead atoms. The van der Waals surface area contributed by atoms with Gasteiger partial charge < -0.3 is 10.6 Å². The lowest BCUT2D eigenvalue weighted by molar-refractivity contribution is -0.127. The number of ketones is 2. The Labute approximate surface area is 100 Å². The van der Waals surface area contributed by atoms with E-state index < -0.39 is 0 Å². The summed E-state index contributed by atoms with van der Waals surface area (Å²) in [6.45, 7) is 2.99. The lowest BCUT2D eigenvalue weighted by Gasteiger charge is -2.03. The number of carbonyl (C=O) groups is 4. The molecule has 2 amide bonds. The minimum absolute atomic E-state index is 0.0143. The number of hydrogen-bond donors (Lipinski definition) is 2. The van der Waals surface area contributed by atoms with Crippen LogP contribution in [-0.2, 0) is 19.2 Å². The molecule has 0 aliphatic carbocycles. The van der Waals surface area contributed by atoms with Crippen LogP contribution < -0.4 is 10.6 Å². The Morgan fingerprint density at radius 3 is 2.00 bits per heavy atom. The molecule has 96 valence electrons. The summed E-state index contributed by atoms with van der Waals surface area (Å²) in [5, 5.41) is 4.82. The maximum atomic E-state index is 11.2. The van der Waals surface area contributed by atoms with Gasteiger partial charge in [-0.05, 0) is 6.92 Å². The summed E-state index contributed by atoms with van der Waals surface area (Å²) < 4.78 is 0. The molecule has 0 spiro atoms. The van der Waals surface area contributed by atoms with Crippen molar-refractivity contribution in [3.05, 3.63) is 0 Å². The van der Waals surface area contributed by atoms with Gasteiger partial charge in [0, 0.05) is 19.3 Å². The van der Waals surface area contributed by atoms with Crippen LogP contribution in [0.4, 0.5) is 0 Å². The zero-order valence-corrected chi connectivity index (χ0v) is 10.2. The highest BCUT2D eigenvalue weighted by Gasteiger charge is 2.08. The van der Waals surface area contributed by atoms with Crippen LogP contribution in [0.1, 0.15) is 33.1 Å². The maximum Gasteiger partial charge on any atom is 0.220 e. The van der Waals surface area contributed by atoms with Gasteiger partial charge in [0.2, 0.25) is 11.8 Å². The van der Waals surface area contributed by atoms with E-state index in [1.54, 1.807) is 6.92 Å². The van der Waals surface area contributed by atoms with Crippen LogP contribution in [0.2, 0.25) is 0 Å². The van der Waals surface area contributed by atoms with Crippen molar-refractivity contribution in [1.82, 2.24) is 10.6 Å². The maximum absolute atomic E-state index is 11.2. The highest BCUT2D eigenvalue weighted by molar-refractivity contribution is 5.90. The number of Topliss-reactive ketones (excluding diaryl/α,β-unsaturated/α-hetero) is 2. The molecule has 0 heterocycles. The molecule has 0 aliphatic rings. The SMILES string of the molecule is CCC(=O)NCC(=O)CCC(=O)NCC(C)=O. The average molecular weight is 242 g/mol. The molecule has 0 saturated heterocycles. The lowest BCUT2D eigenvalue weighted by Crippen LogP contribution is -2.31. The molecule has 0 fully saturated rings. The van der Waals surface area contributed by atoms with Gasteiger partial charge in [0.05, 0.1) is 13.1 Å². The van der Waals surface area contributed by atoms with Gasteiger partial charge in [-0.1, -0.05) is 6.92 Å². The van der Waals surface area contributed by atoms with Gasteiger partial charge in [-0.15, -0.1) is 0 Å². The summed E-state index contributed by atoms with van der Waals surface area (Å²) in [5.41, 5.74) is 0. The molecule has 0 rings (SSSR count). The molecule has 6 nitrogen and oxygen atoms in total. The van der Waals surface area contributed by atoms with Crippen LogP contribution >= 0.6 is 0 Å². The zero-order chi connectivity index (χ0) is 13.3. The van der Waals surface area contributed by atoms with E-state index in [-0.39, 0.29) is 49.3 Å². The van der Waals surface area contributed by atoms with Gasteiger partial charge in [-0.2, -0.15) is 0 Å². The molecule has 0 aromatic carbocycles. The van der Waals surface area contributed by atoms with Gasteiger partial charge in [0.25, 0.3) is 0 Å². The van der Waals surface area contributed by atoms with Gasteiger partial charge in [-0.25, -0.2) is 0 Å². The summed E-state index contributed by atoms with van der Waals surface area (Å²) >= 11 is 0. The summed E-state index contributed by atoms with van der Waals surface area (Å²) in [5.74, 6) is -0.876. The first-order chi connectivity index (χ1) is 7.95. The van der Waals surface area contributed by atoms with E-state index in [0.717, 1.165) is 0 Å². The summed E-state index contributed by atoms with van der Waals surface area (Å²) in [6.07, 6.45) is 0.425. The number of nitrogens with one attached hydrogen (secondary N) is 2. The Kier molecular flexibility index (Phi) is 7.58. The van der Waals surface area contributed by atoms with E-state index in [4.69, 9.17) is 0 Å². The second-order valence-corrected chi connectivity index (χ2v) is 3.65. The molecule has 0 aromatic rings. The fourth-order valence-electron chi connectivity index (χ4n) is 0.975. The minimum atomic E-state index is -0.338. The largest absolute Gasteiger partial charge is 0.349 e. The van der Waals surface area contributed by atoms with Gasteiger partial charge in [-0.3, -0.25) is 19.2 Å². The predicted octanol–water partition coefficient (Wildman–Crippen LogP) is -0.433. The van der Waals surface area contributed by atoms with Crippen molar-refractivity contribution in [2.24, 2.45) is 0 Å². The highest BCUT2D eigenvalue weighted by atomic mass is 16.2. The van der Waals surface area contributed by atoms with E-state index in [9.17, 15) is 19.2 Å². The molecule has 0 radical (unpaired) electrons. The summed E-state index contributed by atoms with van der Waals surface area (Å²) in [7, 11) is 0. The van der Waals surface area contributed by atoms with Crippen molar-refractivity contribution < 1.29 is 19.2 Å². The summed E-state index contributed by atoms with van der Waals surface area (Å²) in [6, 6.07) is 0. The molecule has 17 heavy (non-hydrogen) atoms. The van der Waals surface area contributed by atoms with Crippen molar-refractivity contribution in [1.29, 1.82) is 0 Å². The molecular weight excluding hydrogens is 224 g/mol. The first-order valence-electron chi connectivity index (χ1n) is 5.50. The topological polar surface area (TPSA) is 92.3 Å². The predicted molar refractivity (Wildman–Crippen MR) is 61.2 cm³/mol. The Morgan fingerprint density at radius 2 is 1.47 bits per heavy atom. The molecule has 2 N–H and O–H groups in total. The van der Waals surface area contributed by atoms with Crippen molar-refractivity contribution in [3.8, 4) is 0 Å². The van der Waals surface area contributed by atoms with Crippen molar-refractivity contribution in [3.63, 3.8) is 0 Å². The Hall–Kier alpha value is -1.72. The van der Waals surface area contributed by atoms with Crippen molar-refractivity contribution >= 4 is 23.4 Å². The Balaban J connectivity index is 3.66. The number of rotatable bonds is 8. The smallest absolute Gasteiger partial charge is 0.220 e. The average Bonchev–Trinajstić information content (AvgIpc) is 2.30. The second-order valence-electron chi connectivity index (χ2n) is 3.65. The van der Waals surface area contributed by atoms with Crippen LogP contribution in [0.15, 0.2) is 0 Å². The molecule has 0 saturated carbocycles. The third kappa shape index (κ3) is 9.22. The number of amides is 2. The summed E-state index contributed by atoms with van der Waals surface area (Å²) in [4.78, 5) is 43.8. The Morgan fingerprint density at radius 1 is 0.882 bits per heavy atom. The van der Waals surface area contributed by atoms with Crippen LogP contribution in [0.3, 0.4) is 0 Å². The fourth-order valence-corrected chi connectivity index (χ4v) is 0.975. The van der Waals surface area contributed by atoms with E-state index in [0.29, 0.717) is 6.42 Å². The molecule has 6 heteroatoms.